The highest BCUT2D eigenvalue weighted by Gasteiger charge is 2.25. The van der Waals surface area contributed by atoms with Gasteiger partial charge in [-0.3, -0.25) is 0 Å². The Kier molecular flexibility index (Phi) is 5.27. The molecule has 5 aromatic carbocycles. The van der Waals surface area contributed by atoms with Gasteiger partial charge in [0.15, 0.2) is 6.20 Å². The molecular formula is C38H31N2O+. The molecule has 0 atom stereocenters. The molecule has 2 heterocycles. The number of pyridine rings is 1. The summed E-state index contributed by atoms with van der Waals surface area (Å²) in [5.41, 5.74) is 7.82. The lowest BCUT2D eigenvalue weighted by Gasteiger charge is -2.17. The molecule has 0 saturated heterocycles. The van der Waals surface area contributed by atoms with E-state index in [9.17, 15) is 6.63 Å². The van der Waals surface area contributed by atoms with Crippen molar-refractivity contribution in [3.05, 3.63) is 114 Å². The van der Waals surface area contributed by atoms with E-state index in [0.717, 1.165) is 60.3 Å². The van der Waals surface area contributed by atoms with Gasteiger partial charge in [0, 0.05) is 28.0 Å². The molecule has 0 amide bonds. The molecule has 198 valence electrons. The summed E-state index contributed by atoms with van der Waals surface area (Å²) >= 11 is 0. The Bertz CT molecular complexity index is 2280. The molecule has 0 unspecified atom stereocenters. The summed E-state index contributed by atoms with van der Waals surface area (Å²) in [5, 5.41) is 16.1. The van der Waals surface area contributed by atoms with Gasteiger partial charge >= 0.3 is 0 Å². The minimum absolute atomic E-state index is 0.0376. The first-order chi connectivity index (χ1) is 20.2. The third-order valence-electron chi connectivity index (χ3n) is 8.32. The van der Waals surface area contributed by atoms with Crippen molar-refractivity contribution in [2.24, 2.45) is 7.05 Å². The van der Waals surface area contributed by atoms with Gasteiger partial charge in [0.25, 0.3) is 0 Å². The molecule has 2 aromatic heterocycles. The van der Waals surface area contributed by atoms with Gasteiger partial charge in [-0.2, -0.15) is 5.26 Å². The van der Waals surface area contributed by atoms with E-state index < -0.39 is 0 Å². The molecule has 0 aliphatic rings. The lowest BCUT2D eigenvalue weighted by Crippen LogP contribution is -2.33. The van der Waals surface area contributed by atoms with E-state index in [0.29, 0.717) is 22.8 Å². The van der Waals surface area contributed by atoms with E-state index in [2.05, 4.69) is 88.0 Å². The van der Waals surface area contributed by atoms with Crippen LogP contribution < -0.4 is 4.57 Å². The fourth-order valence-corrected chi connectivity index (χ4v) is 6.13. The van der Waals surface area contributed by atoms with Gasteiger partial charge in [0.2, 0.25) is 5.69 Å². The number of furan rings is 1. The molecule has 0 aliphatic carbocycles. The number of nitrogens with zero attached hydrogens (tertiary/aromatic N) is 2. The highest BCUT2D eigenvalue weighted by molar-refractivity contribution is 6.19. The van der Waals surface area contributed by atoms with Crippen LogP contribution in [0.3, 0.4) is 0 Å². The predicted molar refractivity (Wildman–Crippen MR) is 169 cm³/mol. The van der Waals surface area contributed by atoms with Crippen molar-refractivity contribution in [3.8, 4) is 28.5 Å². The number of fused-ring (bicyclic) bond motifs is 6. The van der Waals surface area contributed by atoms with Crippen molar-refractivity contribution >= 4 is 43.5 Å². The van der Waals surface area contributed by atoms with Crippen LogP contribution in [-0.2, 0) is 12.5 Å². The van der Waals surface area contributed by atoms with Crippen LogP contribution in [0.5, 0.6) is 0 Å². The summed E-state index contributed by atoms with van der Waals surface area (Å²) in [4.78, 5) is 0. The van der Waals surface area contributed by atoms with Crippen molar-refractivity contribution in [2.75, 3.05) is 0 Å². The molecule has 0 fully saturated rings. The Morgan fingerprint density at radius 1 is 0.756 bits per heavy atom. The number of nitriles is 1. The summed E-state index contributed by atoms with van der Waals surface area (Å²) in [5.74, 6) is 0. The standard InChI is InChI=1S/C38H31N2O/c1-23-14-17-30-31-18-15-25(21-39)35(32-20-24-10-6-7-11-27(24)28-12-8-9-13-29(28)32)37(31)41-36(30)34(23)33-19-16-26(22-40(33)5)38(2,3)4/h6-20,22H,1-5H3/q+1/i20D. The van der Waals surface area contributed by atoms with Crippen molar-refractivity contribution in [3.63, 3.8) is 0 Å². The third-order valence-corrected chi connectivity index (χ3v) is 8.32. The van der Waals surface area contributed by atoms with Gasteiger partial charge in [0.1, 0.15) is 18.2 Å². The summed E-state index contributed by atoms with van der Waals surface area (Å²) in [6.45, 7) is 8.77. The van der Waals surface area contributed by atoms with Gasteiger partial charge in [0.05, 0.1) is 18.6 Å². The van der Waals surface area contributed by atoms with E-state index in [4.69, 9.17) is 4.42 Å². The first kappa shape index (κ1) is 23.9. The van der Waals surface area contributed by atoms with E-state index in [1.54, 1.807) is 0 Å². The molecule has 0 bridgehead atoms. The van der Waals surface area contributed by atoms with Crippen LogP contribution in [0.4, 0.5) is 0 Å². The average Bonchev–Trinajstić information content (AvgIpc) is 3.36. The topological polar surface area (TPSA) is 40.8 Å². The lowest BCUT2D eigenvalue weighted by molar-refractivity contribution is -0.661. The molecule has 0 spiro atoms. The van der Waals surface area contributed by atoms with Crippen LogP contribution >= 0.6 is 0 Å². The van der Waals surface area contributed by atoms with Crippen molar-refractivity contribution < 1.29 is 10.4 Å². The highest BCUT2D eigenvalue weighted by atomic mass is 16.3. The second-order valence-electron chi connectivity index (χ2n) is 12.0. The number of aromatic nitrogens is 1. The van der Waals surface area contributed by atoms with E-state index in [1.165, 1.54) is 5.56 Å². The lowest BCUT2D eigenvalue weighted by atomic mass is 9.87. The second-order valence-corrected chi connectivity index (χ2v) is 12.0. The number of rotatable bonds is 2. The summed E-state index contributed by atoms with van der Waals surface area (Å²) in [6.07, 6.45) is 2.20. The van der Waals surface area contributed by atoms with Crippen molar-refractivity contribution in [2.45, 2.75) is 33.1 Å². The Labute approximate surface area is 241 Å². The normalized spacial score (nSPS) is 12.3. The molecule has 7 rings (SSSR count). The van der Waals surface area contributed by atoms with Crippen molar-refractivity contribution in [1.29, 1.82) is 5.26 Å². The Morgan fingerprint density at radius 2 is 1.41 bits per heavy atom. The Morgan fingerprint density at radius 3 is 2.12 bits per heavy atom. The van der Waals surface area contributed by atoms with E-state index >= 15 is 0 Å². The van der Waals surface area contributed by atoms with Gasteiger partial charge in [-0.05, 0) is 69.3 Å². The number of benzene rings is 5. The average molecular weight is 533 g/mol. The molecular weight excluding hydrogens is 500 g/mol. The molecule has 3 nitrogen and oxygen atoms in total. The zero-order valence-electron chi connectivity index (χ0n) is 25.0. The molecule has 0 saturated carbocycles. The first-order valence-electron chi connectivity index (χ1n) is 14.5. The predicted octanol–water partition coefficient (Wildman–Crippen LogP) is 9.53. The van der Waals surface area contributed by atoms with Crippen LogP contribution in [0.25, 0.3) is 65.9 Å². The Balaban J connectivity index is 1.61. The molecule has 0 N–H and O–H groups in total. The van der Waals surface area contributed by atoms with Crippen LogP contribution in [0.1, 0.15) is 38.8 Å². The van der Waals surface area contributed by atoms with E-state index in [-0.39, 0.29) is 5.41 Å². The second kappa shape index (κ2) is 9.04. The largest absolute Gasteiger partial charge is 0.454 e. The zero-order valence-corrected chi connectivity index (χ0v) is 24.0. The molecule has 0 aliphatic heterocycles. The van der Waals surface area contributed by atoms with Crippen molar-refractivity contribution in [1.82, 2.24) is 0 Å². The Hall–Kier alpha value is -4.94. The fraction of sp³-hybridized carbons (Fsp3) is 0.158. The van der Waals surface area contributed by atoms with Crippen LogP contribution in [0, 0.1) is 18.3 Å². The maximum Gasteiger partial charge on any atom is 0.216 e. The number of aryl methyl sites for hydroxylation is 2. The molecule has 7 aromatic rings. The smallest absolute Gasteiger partial charge is 0.216 e. The first-order valence-corrected chi connectivity index (χ1v) is 14.0. The minimum atomic E-state index is 0.0376. The highest BCUT2D eigenvalue weighted by Crippen LogP contribution is 2.44. The van der Waals surface area contributed by atoms with Crippen LogP contribution in [0.15, 0.2) is 102 Å². The monoisotopic (exact) mass is 532 g/mol. The molecule has 3 heteroatoms. The van der Waals surface area contributed by atoms with Gasteiger partial charge in [-0.25, -0.2) is 4.57 Å². The van der Waals surface area contributed by atoms with E-state index in [1.807, 2.05) is 48.5 Å². The fourth-order valence-electron chi connectivity index (χ4n) is 6.13. The maximum absolute atomic E-state index is 10.3. The van der Waals surface area contributed by atoms with Gasteiger partial charge in [-0.1, -0.05) is 81.4 Å². The SMILES string of the molecule is [2H]c1c(-c2c(C#N)ccc3c2oc2c(-c4ccc(C(C)(C)C)c[n+]4C)c(C)ccc23)c2ccccc2c2ccccc12. The number of hydrogen-bond donors (Lipinski definition) is 0. The van der Waals surface area contributed by atoms with Crippen LogP contribution in [-0.4, -0.2) is 0 Å². The molecule has 41 heavy (non-hydrogen) atoms. The maximum atomic E-state index is 10.3. The molecule has 0 radical (unpaired) electrons. The summed E-state index contributed by atoms with van der Waals surface area (Å²) < 4.78 is 18.4. The van der Waals surface area contributed by atoms with Gasteiger partial charge in [-0.15, -0.1) is 0 Å². The van der Waals surface area contributed by atoms with Gasteiger partial charge < -0.3 is 4.42 Å². The third kappa shape index (κ3) is 3.83. The minimum Gasteiger partial charge on any atom is -0.454 e. The zero-order chi connectivity index (χ0) is 29.3. The quantitative estimate of drug-likeness (QED) is 0.164. The van der Waals surface area contributed by atoms with Crippen LogP contribution in [0.2, 0.25) is 0 Å². The number of hydrogen-bond acceptors (Lipinski definition) is 2. The summed E-state index contributed by atoms with van der Waals surface area (Å²) in [6, 6.07) is 31.5. The summed E-state index contributed by atoms with van der Waals surface area (Å²) in [7, 11) is 2.08.